The molecule has 1 amide bonds. The molecule has 1 saturated carbocycles. The lowest BCUT2D eigenvalue weighted by molar-refractivity contribution is -0.117. The fraction of sp³-hybridized carbons (Fsp3) is 0.368. The standard InChI is InChI=1S/C19H19N7O2S/c1-10(2)15-16-17(29-18(23-16)11-3-4-11)19(28)26(24-15)8-14(27)22-12-5-6-25-13(7-12)20-9-21-25/h5-7,9-11H,3-4,8H2,1-2H3,(H,22,27). The highest BCUT2D eigenvalue weighted by molar-refractivity contribution is 7.18. The van der Waals surface area contributed by atoms with Crippen LogP contribution >= 0.6 is 11.3 Å². The van der Waals surface area contributed by atoms with Crippen LogP contribution < -0.4 is 10.9 Å². The minimum atomic E-state index is -0.329. The molecule has 0 saturated heterocycles. The highest BCUT2D eigenvalue weighted by Gasteiger charge is 2.29. The van der Waals surface area contributed by atoms with E-state index in [0.717, 1.165) is 23.5 Å². The molecule has 0 bridgehead atoms. The van der Waals surface area contributed by atoms with Gasteiger partial charge in [-0.15, -0.1) is 11.3 Å². The van der Waals surface area contributed by atoms with Gasteiger partial charge in [-0.3, -0.25) is 9.59 Å². The smallest absolute Gasteiger partial charge is 0.286 e. The molecule has 0 unspecified atom stereocenters. The van der Waals surface area contributed by atoms with Gasteiger partial charge in [-0.2, -0.15) is 10.2 Å². The molecule has 29 heavy (non-hydrogen) atoms. The van der Waals surface area contributed by atoms with E-state index in [4.69, 9.17) is 4.98 Å². The second-order valence-corrected chi connectivity index (χ2v) is 8.56. The van der Waals surface area contributed by atoms with Gasteiger partial charge in [0.15, 0.2) is 5.65 Å². The van der Waals surface area contributed by atoms with Crippen LogP contribution in [0.5, 0.6) is 0 Å². The molecule has 4 heterocycles. The number of nitrogens with one attached hydrogen (secondary N) is 1. The molecule has 0 radical (unpaired) electrons. The van der Waals surface area contributed by atoms with E-state index >= 15 is 0 Å². The largest absolute Gasteiger partial charge is 0.324 e. The Morgan fingerprint density at radius 1 is 1.38 bits per heavy atom. The molecular weight excluding hydrogens is 390 g/mol. The van der Waals surface area contributed by atoms with Crippen molar-refractivity contribution in [3.63, 3.8) is 0 Å². The van der Waals surface area contributed by atoms with E-state index in [1.54, 1.807) is 22.8 Å². The molecular formula is C19H19N7O2S. The Bertz CT molecular complexity index is 1300. The lowest BCUT2D eigenvalue weighted by atomic mass is 10.1. The van der Waals surface area contributed by atoms with E-state index in [1.165, 1.54) is 22.3 Å². The third kappa shape index (κ3) is 3.29. The van der Waals surface area contributed by atoms with E-state index < -0.39 is 0 Å². The summed E-state index contributed by atoms with van der Waals surface area (Å²) < 4.78 is 3.44. The average molecular weight is 409 g/mol. The normalized spacial score (nSPS) is 14.2. The van der Waals surface area contributed by atoms with E-state index in [1.807, 2.05) is 13.8 Å². The fourth-order valence-electron chi connectivity index (χ4n) is 3.23. The molecule has 4 aromatic heterocycles. The number of amides is 1. The minimum Gasteiger partial charge on any atom is -0.324 e. The van der Waals surface area contributed by atoms with E-state index in [9.17, 15) is 9.59 Å². The molecule has 1 aliphatic rings. The maximum absolute atomic E-state index is 13.0. The van der Waals surface area contributed by atoms with Crippen LogP contribution in [0.15, 0.2) is 29.5 Å². The lowest BCUT2D eigenvalue weighted by Gasteiger charge is -2.11. The Labute approximate surface area is 169 Å². The number of fused-ring (bicyclic) bond motifs is 2. The van der Waals surface area contributed by atoms with Crippen LogP contribution in [0, 0.1) is 0 Å². The second kappa shape index (κ2) is 6.73. The average Bonchev–Trinajstić information content (AvgIpc) is 3.26. The number of carbonyl (C=O) groups excluding carboxylic acids is 1. The molecule has 1 fully saturated rings. The first-order valence-corrected chi connectivity index (χ1v) is 10.3. The molecule has 1 N–H and O–H groups in total. The molecule has 4 aromatic rings. The van der Waals surface area contributed by atoms with Crippen LogP contribution in [0.2, 0.25) is 0 Å². The van der Waals surface area contributed by atoms with Crippen LogP contribution in [-0.2, 0) is 11.3 Å². The van der Waals surface area contributed by atoms with Gasteiger partial charge in [0.25, 0.3) is 5.56 Å². The molecule has 0 atom stereocenters. The first-order chi connectivity index (χ1) is 14.0. The highest BCUT2D eigenvalue weighted by atomic mass is 32.1. The van der Waals surface area contributed by atoms with Crippen molar-refractivity contribution in [2.45, 2.75) is 45.1 Å². The van der Waals surface area contributed by atoms with Gasteiger partial charge in [0.05, 0.1) is 10.7 Å². The van der Waals surface area contributed by atoms with Crippen molar-refractivity contribution in [3.05, 3.63) is 45.7 Å². The first-order valence-electron chi connectivity index (χ1n) is 9.50. The van der Waals surface area contributed by atoms with Gasteiger partial charge in [-0.1, -0.05) is 13.8 Å². The fourth-order valence-corrected chi connectivity index (χ4v) is 4.41. The van der Waals surface area contributed by atoms with Crippen molar-refractivity contribution in [3.8, 4) is 0 Å². The quantitative estimate of drug-likeness (QED) is 0.543. The summed E-state index contributed by atoms with van der Waals surface area (Å²) in [6.45, 7) is 3.87. The third-order valence-corrected chi connectivity index (χ3v) is 6.08. The Hall–Kier alpha value is -3.14. The molecule has 0 spiro atoms. The number of hydrogen-bond donors (Lipinski definition) is 1. The topological polar surface area (TPSA) is 107 Å². The van der Waals surface area contributed by atoms with Crippen molar-refractivity contribution < 1.29 is 4.79 Å². The van der Waals surface area contributed by atoms with Gasteiger partial charge in [0.2, 0.25) is 5.91 Å². The van der Waals surface area contributed by atoms with Crippen LogP contribution in [0.25, 0.3) is 15.9 Å². The number of hydrogen-bond acceptors (Lipinski definition) is 7. The summed E-state index contributed by atoms with van der Waals surface area (Å²) in [5.74, 6) is 0.233. The van der Waals surface area contributed by atoms with Crippen molar-refractivity contribution in [2.24, 2.45) is 0 Å². The minimum absolute atomic E-state index is 0.0944. The van der Waals surface area contributed by atoms with Gasteiger partial charge in [-0.05, 0) is 24.8 Å². The van der Waals surface area contributed by atoms with Gasteiger partial charge < -0.3 is 5.32 Å². The molecule has 0 aliphatic heterocycles. The van der Waals surface area contributed by atoms with Crippen molar-refractivity contribution >= 4 is 38.8 Å². The summed E-state index contributed by atoms with van der Waals surface area (Å²) in [7, 11) is 0. The van der Waals surface area contributed by atoms with Gasteiger partial charge >= 0.3 is 0 Å². The number of pyridine rings is 1. The summed E-state index contributed by atoms with van der Waals surface area (Å²) in [6, 6.07) is 3.44. The summed E-state index contributed by atoms with van der Waals surface area (Å²) in [5, 5.41) is 12.3. The number of aromatic nitrogens is 6. The van der Waals surface area contributed by atoms with E-state index in [0.29, 0.717) is 27.5 Å². The Kier molecular flexibility index (Phi) is 4.16. The maximum atomic E-state index is 13.0. The number of nitrogens with zero attached hydrogens (tertiary/aromatic N) is 6. The zero-order chi connectivity index (χ0) is 20.1. The van der Waals surface area contributed by atoms with Crippen molar-refractivity contribution in [2.75, 3.05) is 5.32 Å². The number of thiazole rings is 1. The molecule has 148 valence electrons. The Morgan fingerprint density at radius 2 is 2.21 bits per heavy atom. The predicted molar refractivity (Wildman–Crippen MR) is 109 cm³/mol. The number of rotatable bonds is 5. The van der Waals surface area contributed by atoms with Crippen LogP contribution in [-0.4, -0.2) is 35.3 Å². The molecule has 9 nitrogen and oxygen atoms in total. The van der Waals surface area contributed by atoms with Crippen molar-refractivity contribution in [1.29, 1.82) is 0 Å². The maximum Gasteiger partial charge on any atom is 0.286 e. The Morgan fingerprint density at radius 3 is 2.97 bits per heavy atom. The van der Waals surface area contributed by atoms with Gasteiger partial charge in [0, 0.05) is 23.9 Å². The highest BCUT2D eigenvalue weighted by Crippen LogP contribution is 2.43. The van der Waals surface area contributed by atoms with Crippen molar-refractivity contribution in [1.82, 2.24) is 29.4 Å². The summed E-state index contributed by atoms with van der Waals surface area (Å²) >= 11 is 1.44. The lowest BCUT2D eigenvalue weighted by Crippen LogP contribution is -2.30. The van der Waals surface area contributed by atoms with E-state index in [2.05, 4.69) is 20.5 Å². The number of carbonyl (C=O) groups is 1. The molecule has 10 heteroatoms. The summed E-state index contributed by atoms with van der Waals surface area (Å²) in [6.07, 6.45) is 5.40. The molecule has 5 rings (SSSR count). The first kappa shape index (κ1) is 17.9. The summed E-state index contributed by atoms with van der Waals surface area (Å²) in [5.41, 5.74) is 2.38. The second-order valence-electron chi connectivity index (χ2n) is 7.53. The van der Waals surface area contributed by atoms with Gasteiger partial charge in [-0.25, -0.2) is 19.2 Å². The zero-order valence-electron chi connectivity index (χ0n) is 16.0. The SMILES string of the molecule is CC(C)c1nn(CC(=O)Nc2ccn3ncnc3c2)c(=O)c2sc(C3CC3)nc12. The van der Waals surface area contributed by atoms with Gasteiger partial charge in [0.1, 0.15) is 23.1 Å². The third-order valence-electron chi connectivity index (χ3n) is 4.87. The van der Waals surface area contributed by atoms with Crippen LogP contribution in [0.1, 0.15) is 49.2 Å². The van der Waals surface area contributed by atoms with Crippen LogP contribution in [0.3, 0.4) is 0 Å². The van der Waals surface area contributed by atoms with E-state index in [-0.39, 0.29) is 23.9 Å². The molecule has 0 aromatic carbocycles. The summed E-state index contributed by atoms with van der Waals surface area (Å²) in [4.78, 5) is 34.3. The predicted octanol–water partition coefficient (Wildman–Crippen LogP) is 2.54. The number of anilines is 1. The molecule has 1 aliphatic carbocycles. The monoisotopic (exact) mass is 409 g/mol. The Balaban J connectivity index is 1.46. The zero-order valence-corrected chi connectivity index (χ0v) is 16.8. The van der Waals surface area contributed by atoms with Crippen LogP contribution in [0.4, 0.5) is 5.69 Å².